The lowest BCUT2D eigenvalue weighted by Gasteiger charge is -2.20. The van der Waals surface area contributed by atoms with E-state index < -0.39 is 0 Å². The van der Waals surface area contributed by atoms with Crippen LogP contribution < -0.4 is 10.6 Å². The summed E-state index contributed by atoms with van der Waals surface area (Å²) in [5.74, 6) is 1.47. The molecule has 0 rings (SSSR count). The van der Waals surface area contributed by atoms with E-state index in [-0.39, 0.29) is 0 Å². The molecule has 16 heavy (non-hydrogen) atoms. The predicted octanol–water partition coefficient (Wildman–Crippen LogP) is 1.62. The molecule has 4 nitrogen and oxygen atoms in total. The van der Waals surface area contributed by atoms with Gasteiger partial charge in [-0.25, -0.2) is 0 Å². The zero-order valence-corrected chi connectivity index (χ0v) is 11.3. The van der Waals surface area contributed by atoms with Crippen molar-refractivity contribution in [2.24, 2.45) is 10.9 Å². The number of hydrogen-bond donors (Lipinski definition) is 2. The van der Waals surface area contributed by atoms with E-state index in [0.29, 0.717) is 12.0 Å². The van der Waals surface area contributed by atoms with Crippen LogP contribution in [0, 0.1) is 5.92 Å². The number of ether oxygens (including phenoxy) is 1. The summed E-state index contributed by atoms with van der Waals surface area (Å²) in [6.45, 7) is 11.1. The maximum Gasteiger partial charge on any atom is 0.191 e. The Morgan fingerprint density at radius 1 is 1.31 bits per heavy atom. The molecule has 0 aromatic heterocycles. The fourth-order valence-corrected chi connectivity index (χ4v) is 1.10. The van der Waals surface area contributed by atoms with Crippen LogP contribution in [0.5, 0.6) is 0 Å². The molecular weight excluding hydrogens is 202 g/mol. The lowest BCUT2D eigenvalue weighted by atomic mass is 10.1. The Morgan fingerprint density at radius 3 is 2.50 bits per heavy atom. The number of rotatable bonds is 7. The summed E-state index contributed by atoms with van der Waals surface area (Å²) in [5, 5.41) is 6.63. The highest BCUT2D eigenvalue weighted by atomic mass is 16.5. The minimum Gasteiger partial charge on any atom is -0.382 e. The van der Waals surface area contributed by atoms with Gasteiger partial charge in [-0.2, -0.15) is 0 Å². The quantitative estimate of drug-likeness (QED) is 0.396. The van der Waals surface area contributed by atoms with E-state index in [0.717, 1.165) is 32.1 Å². The summed E-state index contributed by atoms with van der Waals surface area (Å²) in [4.78, 5) is 4.18. The molecular formula is C12H27N3O. The molecule has 1 unspecified atom stereocenters. The van der Waals surface area contributed by atoms with Gasteiger partial charge < -0.3 is 15.4 Å². The van der Waals surface area contributed by atoms with Gasteiger partial charge in [0.1, 0.15) is 0 Å². The summed E-state index contributed by atoms with van der Waals surface area (Å²) >= 11 is 0. The van der Waals surface area contributed by atoms with Gasteiger partial charge in [0.2, 0.25) is 0 Å². The molecule has 0 saturated heterocycles. The maximum absolute atomic E-state index is 5.27. The average molecular weight is 229 g/mol. The molecule has 0 aliphatic carbocycles. The first-order valence-electron chi connectivity index (χ1n) is 6.16. The molecule has 0 heterocycles. The Hall–Kier alpha value is -0.770. The van der Waals surface area contributed by atoms with Crippen LogP contribution in [0.3, 0.4) is 0 Å². The molecule has 0 spiro atoms. The van der Waals surface area contributed by atoms with Crippen molar-refractivity contribution < 1.29 is 4.74 Å². The number of aliphatic imine (C=N–C) groups is 1. The standard InChI is InChI=1S/C12H27N3O/c1-6-16-9-7-8-14-12(13-5)15-11(4)10(2)3/h10-11H,6-9H2,1-5H3,(H2,13,14,15). The van der Waals surface area contributed by atoms with Crippen LogP contribution in [-0.2, 0) is 4.74 Å². The van der Waals surface area contributed by atoms with Gasteiger partial charge in [0.05, 0.1) is 0 Å². The molecule has 0 fully saturated rings. The molecule has 2 N–H and O–H groups in total. The van der Waals surface area contributed by atoms with E-state index in [9.17, 15) is 0 Å². The number of guanidine groups is 1. The van der Waals surface area contributed by atoms with E-state index >= 15 is 0 Å². The van der Waals surface area contributed by atoms with Gasteiger partial charge in [0.15, 0.2) is 5.96 Å². The highest BCUT2D eigenvalue weighted by Crippen LogP contribution is 1.98. The summed E-state index contributed by atoms with van der Waals surface area (Å²) in [6, 6.07) is 0.429. The SMILES string of the molecule is CCOCCCNC(=NC)NC(C)C(C)C. The first-order valence-corrected chi connectivity index (χ1v) is 6.16. The van der Waals surface area contributed by atoms with Gasteiger partial charge in [0, 0.05) is 32.8 Å². The van der Waals surface area contributed by atoms with Crippen molar-refractivity contribution in [3.05, 3.63) is 0 Å². The highest BCUT2D eigenvalue weighted by molar-refractivity contribution is 5.79. The van der Waals surface area contributed by atoms with Crippen molar-refractivity contribution in [2.75, 3.05) is 26.8 Å². The van der Waals surface area contributed by atoms with Gasteiger partial charge in [-0.1, -0.05) is 13.8 Å². The number of hydrogen-bond acceptors (Lipinski definition) is 2. The first-order chi connectivity index (χ1) is 7.61. The van der Waals surface area contributed by atoms with Crippen molar-refractivity contribution >= 4 is 5.96 Å². The molecule has 4 heteroatoms. The van der Waals surface area contributed by atoms with Crippen LogP contribution in [0.25, 0.3) is 0 Å². The van der Waals surface area contributed by atoms with Crippen molar-refractivity contribution in [2.45, 2.75) is 40.2 Å². The largest absolute Gasteiger partial charge is 0.382 e. The average Bonchev–Trinajstić information content (AvgIpc) is 2.26. The van der Waals surface area contributed by atoms with Crippen molar-refractivity contribution in [3.8, 4) is 0 Å². The van der Waals surface area contributed by atoms with Gasteiger partial charge in [-0.3, -0.25) is 4.99 Å². The third-order valence-electron chi connectivity index (χ3n) is 2.55. The predicted molar refractivity (Wildman–Crippen MR) is 69.9 cm³/mol. The van der Waals surface area contributed by atoms with Crippen molar-refractivity contribution in [1.82, 2.24) is 10.6 Å². The minimum absolute atomic E-state index is 0.429. The second kappa shape index (κ2) is 9.46. The Balaban J connectivity index is 3.68. The second-order valence-corrected chi connectivity index (χ2v) is 4.23. The summed E-state index contributed by atoms with van der Waals surface area (Å²) in [7, 11) is 1.80. The lowest BCUT2D eigenvalue weighted by molar-refractivity contribution is 0.145. The third-order valence-corrected chi connectivity index (χ3v) is 2.55. The van der Waals surface area contributed by atoms with E-state index in [4.69, 9.17) is 4.74 Å². The van der Waals surface area contributed by atoms with E-state index in [2.05, 4.69) is 36.4 Å². The van der Waals surface area contributed by atoms with Gasteiger partial charge in [-0.15, -0.1) is 0 Å². The first kappa shape index (κ1) is 15.2. The molecule has 0 aromatic carbocycles. The van der Waals surface area contributed by atoms with Gasteiger partial charge in [0.25, 0.3) is 0 Å². The zero-order chi connectivity index (χ0) is 12.4. The summed E-state index contributed by atoms with van der Waals surface area (Å²) in [6.07, 6.45) is 1.00. The zero-order valence-electron chi connectivity index (χ0n) is 11.3. The minimum atomic E-state index is 0.429. The van der Waals surface area contributed by atoms with Crippen LogP contribution >= 0.6 is 0 Å². The van der Waals surface area contributed by atoms with E-state index in [1.54, 1.807) is 7.05 Å². The Labute approximate surface area is 99.9 Å². The molecule has 96 valence electrons. The molecule has 0 aromatic rings. The fourth-order valence-electron chi connectivity index (χ4n) is 1.10. The second-order valence-electron chi connectivity index (χ2n) is 4.23. The van der Waals surface area contributed by atoms with Gasteiger partial charge >= 0.3 is 0 Å². The summed E-state index contributed by atoms with van der Waals surface area (Å²) in [5.41, 5.74) is 0. The topological polar surface area (TPSA) is 45.6 Å². The maximum atomic E-state index is 5.27. The third kappa shape index (κ3) is 7.51. The number of nitrogens with one attached hydrogen (secondary N) is 2. The summed E-state index contributed by atoms with van der Waals surface area (Å²) < 4.78 is 5.27. The number of nitrogens with zero attached hydrogens (tertiary/aromatic N) is 1. The van der Waals surface area contributed by atoms with Crippen LogP contribution in [0.2, 0.25) is 0 Å². The van der Waals surface area contributed by atoms with Crippen molar-refractivity contribution in [3.63, 3.8) is 0 Å². The van der Waals surface area contributed by atoms with Crippen LogP contribution in [-0.4, -0.2) is 38.8 Å². The highest BCUT2D eigenvalue weighted by Gasteiger charge is 2.08. The normalized spacial score (nSPS) is 14.0. The van der Waals surface area contributed by atoms with Gasteiger partial charge in [-0.05, 0) is 26.2 Å². The van der Waals surface area contributed by atoms with E-state index in [1.165, 1.54) is 0 Å². The van der Waals surface area contributed by atoms with Crippen LogP contribution in [0.4, 0.5) is 0 Å². The molecule has 0 aliphatic rings. The Bertz CT molecular complexity index is 193. The smallest absolute Gasteiger partial charge is 0.191 e. The molecule has 1 atom stereocenters. The lowest BCUT2D eigenvalue weighted by Crippen LogP contribution is -2.44. The molecule has 0 bridgehead atoms. The molecule has 0 radical (unpaired) electrons. The van der Waals surface area contributed by atoms with E-state index in [1.807, 2.05) is 6.92 Å². The fraction of sp³-hybridized carbons (Fsp3) is 0.917. The Kier molecular flexibility index (Phi) is 9.00. The molecule has 0 aliphatic heterocycles. The monoisotopic (exact) mass is 229 g/mol. The molecule has 0 saturated carbocycles. The Morgan fingerprint density at radius 2 is 2.00 bits per heavy atom. The van der Waals surface area contributed by atoms with Crippen molar-refractivity contribution in [1.29, 1.82) is 0 Å². The molecule has 0 amide bonds. The van der Waals surface area contributed by atoms with Crippen LogP contribution in [0.1, 0.15) is 34.1 Å². The van der Waals surface area contributed by atoms with Crippen LogP contribution in [0.15, 0.2) is 4.99 Å².